The molecular formula is C18H18N6OS. The number of pyridine rings is 1. The molecule has 7 nitrogen and oxygen atoms in total. The molecular weight excluding hydrogens is 348 g/mol. The molecule has 0 spiro atoms. The third-order valence-corrected chi connectivity index (χ3v) is 5.01. The highest BCUT2D eigenvalue weighted by molar-refractivity contribution is 7.05. The lowest BCUT2D eigenvalue weighted by Crippen LogP contribution is -2.50. The average molecular weight is 366 g/mol. The lowest BCUT2D eigenvalue weighted by molar-refractivity contribution is 0.171. The van der Waals surface area contributed by atoms with Gasteiger partial charge in [-0.25, -0.2) is 9.78 Å². The topological polar surface area (TPSA) is 83.0 Å². The number of aromatic nitrogens is 3. The van der Waals surface area contributed by atoms with E-state index in [0.717, 1.165) is 22.8 Å². The molecule has 1 saturated heterocycles. The van der Waals surface area contributed by atoms with E-state index in [1.54, 1.807) is 24.5 Å². The van der Waals surface area contributed by atoms with Crippen molar-refractivity contribution in [3.63, 3.8) is 0 Å². The van der Waals surface area contributed by atoms with Crippen molar-refractivity contribution in [2.75, 3.05) is 25.0 Å². The molecule has 8 heteroatoms. The van der Waals surface area contributed by atoms with Crippen LogP contribution < -0.4 is 10.6 Å². The zero-order chi connectivity index (χ0) is 17.8. The van der Waals surface area contributed by atoms with Crippen LogP contribution in [-0.2, 0) is 0 Å². The molecule has 2 N–H and O–H groups in total. The van der Waals surface area contributed by atoms with E-state index in [0.29, 0.717) is 18.9 Å². The molecule has 1 aliphatic heterocycles. The SMILES string of the molecule is O=C(Nc1ccncc1)N1CCNCC1c1nc(-c2ccccc2)ns1. The number of carbonyl (C=O) groups excluding carboxylic acids is 1. The summed E-state index contributed by atoms with van der Waals surface area (Å²) < 4.78 is 4.48. The van der Waals surface area contributed by atoms with Gasteiger partial charge < -0.3 is 15.5 Å². The van der Waals surface area contributed by atoms with Gasteiger partial charge in [-0.05, 0) is 23.7 Å². The highest BCUT2D eigenvalue weighted by atomic mass is 32.1. The fourth-order valence-electron chi connectivity index (χ4n) is 2.87. The molecule has 0 saturated carbocycles. The summed E-state index contributed by atoms with van der Waals surface area (Å²) >= 11 is 1.35. The lowest BCUT2D eigenvalue weighted by Gasteiger charge is -2.34. The molecule has 132 valence electrons. The van der Waals surface area contributed by atoms with E-state index < -0.39 is 0 Å². The predicted octanol–water partition coefficient (Wildman–Crippen LogP) is 2.78. The van der Waals surface area contributed by atoms with Crippen LogP contribution in [0.1, 0.15) is 11.0 Å². The number of nitrogens with one attached hydrogen (secondary N) is 2. The Morgan fingerprint density at radius 2 is 2.00 bits per heavy atom. The van der Waals surface area contributed by atoms with Gasteiger partial charge in [0.2, 0.25) is 0 Å². The maximum Gasteiger partial charge on any atom is 0.322 e. The number of benzene rings is 1. The molecule has 1 aromatic carbocycles. The van der Waals surface area contributed by atoms with Gasteiger partial charge >= 0.3 is 6.03 Å². The lowest BCUT2D eigenvalue weighted by atomic mass is 10.2. The summed E-state index contributed by atoms with van der Waals surface area (Å²) in [6.45, 7) is 2.03. The zero-order valence-electron chi connectivity index (χ0n) is 14.0. The minimum Gasteiger partial charge on any atom is -0.312 e. The van der Waals surface area contributed by atoms with E-state index in [9.17, 15) is 4.79 Å². The molecule has 2 aromatic heterocycles. The first-order chi connectivity index (χ1) is 12.8. The van der Waals surface area contributed by atoms with E-state index in [1.807, 2.05) is 35.2 Å². The highest BCUT2D eigenvalue weighted by Crippen LogP contribution is 2.27. The Labute approximate surface area is 155 Å². The molecule has 0 radical (unpaired) electrons. The van der Waals surface area contributed by atoms with Crippen LogP contribution >= 0.6 is 11.5 Å². The standard InChI is InChI=1S/C18H18N6OS/c25-18(21-14-6-8-19-9-7-14)24-11-10-20-12-15(24)17-22-16(23-26-17)13-4-2-1-3-5-13/h1-9,15,20H,10-12H2,(H,19,21,25). The number of hydrogen-bond acceptors (Lipinski definition) is 6. The first-order valence-electron chi connectivity index (χ1n) is 8.38. The Balaban J connectivity index is 1.54. The molecule has 26 heavy (non-hydrogen) atoms. The number of carbonyl (C=O) groups is 1. The smallest absolute Gasteiger partial charge is 0.312 e. The Hall–Kier alpha value is -2.84. The van der Waals surface area contributed by atoms with Crippen molar-refractivity contribution < 1.29 is 4.79 Å². The third-order valence-electron chi connectivity index (χ3n) is 4.19. The van der Waals surface area contributed by atoms with E-state index in [4.69, 9.17) is 0 Å². The molecule has 3 heterocycles. The van der Waals surface area contributed by atoms with E-state index in [1.165, 1.54) is 11.5 Å². The van der Waals surface area contributed by atoms with Gasteiger partial charge in [-0.15, -0.1) is 0 Å². The van der Waals surface area contributed by atoms with Crippen LogP contribution in [0.3, 0.4) is 0 Å². The fraction of sp³-hybridized carbons (Fsp3) is 0.222. The van der Waals surface area contributed by atoms with Gasteiger partial charge in [0.25, 0.3) is 0 Å². The second kappa shape index (κ2) is 7.59. The van der Waals surface area contributed by atoms with Crippen molar-refractivity contribution >= 4 is 23.3 Å². The summed E-state index contributed by atoms with van der Waals surface area (Å²) in [4.78, 5) is 23.2. The molecule has 1 atom stereocenters. The number of anilines is 1. The first kappa shape index (κ1) is 16.6. The van der Waals surface area contributed by atoms with Crippen molar-refractivity contribution in [2.24, 2.45) is 0 Å². The van der Waals surface area contributed by atoms with E-state index in [-0.39, 0.29) is 12.1 Å². The molecule has 2 amide bonds. The van der Waals surface area contributed by atoms with Crippen LogP contribution in [0.4, 0.5) is 10.5 Å². The average Bonchev–Trinajstić information content (AvgIpc) is 3.19. The van der Waals surface area contributed by atoms with Crippen molar-refractivity contribution in [2.45, 2.75) is 6.04 Å². The number of amides is 2. The van der Waals surface area contributed by atoms with Crippen LogP contribution in [0.2, 0.25) is 0 Å². The number of rotatable bonds is 3. The normalized spacial score (nSPS) is 17.1. The molecule has 4 rings (SSSR count). The second-order valence-electron chi connectivity index (χ2n) is 5.90. The van der Waals surface area contributed by atoms with E-state index >= 15 is 0 Å². The van der Waals surface area contributed by atoms with Gasteiger partial charge in [0.1, 0.15) is 5.01 Å². The fourth-order valence-corrected chi connectivity index (χ4v) is 3.66. The summed E-state index contributed by atoms with van der Waals surface area (Å²) in [5.41, 5.74) is 1.70. The van der Waals surface area contributed by atoms with Crippen molar-refractivity contribution in [1.29, 1.82) is 0 Å². The summed E-state index contributed by atoms with van der Waals surface area (Å²) in [7, 11) is 0. The molecule has 0 aliphatic carbocycles. The minimum atomic E-state index is -0.140. The first-order valence-corrected chi connectivity index (χ1v) is 9.16. The summed E-state index contributed by atoms with van der Waals surface area (Å²) in [5, 5.41) is 7.10. The molecule has 1 fully saturated rings. The Morgan fingerprint density at radius 3 is 2.81 bits per heavy atom. The van der Waals surface area contributed by atoms with Gasteiger partial charge in [-0.3, -0.25) is 4.98 Å². The van der Waals surface area contributed by atoms with Crippen molar-refractivity contribution in [1.82, 2.24) is 24.6 Å². The number of urea groups is 1. The van der Waals surface area contributed by atoms with Crippen LogP contribution in [0.15, 0.2) is 54.9 Å². The van der Waals surface area contributed by atoms with Gasteiger partial charge in [0.15, 0.2) is 5.82 Å². The van der Waals surface area contributed by atoms with Crippen molar-refractivity contribution in [3.05, 3.63) is 59.9 Å². The summed E-state index contributed by atoms with van der Waals surface area (Å²) in [6.07, 6.45) is 3.31. The van der Waals surface area contributed by atoms with Gasteiger partial charge in [-0.2, -0.15) is 4.37 Å². The Bertz CT molecular complexity index is 870. The summed E-state index contributed by atoms with van der Waals surface area (Å²) in [6, 6.07) is 13.1. The molecule has 1 unspecified atom stereocenters. The van der Waals surface area contributed by atoms with E-state index in [2.05, 4.69) is 25.0 Å². The Kier molecular flexibility index (Phi) is 4.85. The number of piperazine rings is 1. The quantitative estimate of drug-likeness (QED) is 0.745. The van der Waals surface area contributed by atoms with Gasteiger partial charge in [0, 0.05) is 43.3 Å². The number of nitrogens with zero attached hydrogens (tertiary/aromatic N) is 4. The minimum absolute atomic E-state index is 0.138. The van der Waals surface area contributed by atoms with Crippen LogP contribution in [0.25, 0.3) is 11.4 Å². The third kappa shape index (κ3) is 3.56. The van der Waals surface area contributed by atoms with Gasteiger partial charge in [0.05, 0.1) is 6.04 Å². The molecule has 0 bridgehead atoms. The van der Waals surface area contributed by atoms with Crippen molar-refractivity contribution in [3.8, 4) is 11.4 Å². The van der Waals surface area contributed by atoms with Crippen LogP contribution in [0.5, 0.6) is 0 Å². The number of hydrogen-bond donors (Lipinski definition) is 2. The van der Waals surface area contributed by atoms with Crippen LogP contribution in [-0.4, -0.2) is 44.9 Å². The molecule has 3 aromatic rings. The zero-order valence-corrected chi connectivity index (χ0v) is 14.8. The Morgan fingerprint density at radius 1 is 1.19 bits per heavy atom. The maximum atomic E-state index is 12.8. The van der Waals surface area contributed by atoms with Gasteiger partial charge in [-0.1, -0.05) is 30.3 Å². The maximum absolute atomic E-state index is 12.8. The second-order valence-corrected chi connectivity index (χ2v) is 6.69. The monoisotopic (exact) mass is 366 g/mol. The largest absolute Gasteiger partial charge is 0.322 e. The highest BCUT2D eigenvalue weighted by Gasteiger charge is 2.30. The molecule has 1 aliphatic rings. The van der Waals surface area contributed by atoms with Crippen LogP contribution in [0, 0.1) is 0 Å². The predicted molar refractivity (Wildman–Crippen MR) is 101 cm³/mol. The summed E-state index contributed by atoms with van der Waals surface area (Å²) in [5.74, 6) is 0.700.